The molecule has 3 saturated heterocycles. The van der Waals surface area contributed by atoms with Gasteiger partial charge in [-0.25, -0.2) is 9.37 Å². The van der Waals surface area contributed by atoms with Gasteiger partial charge in [-0.15, -0.1) is 0 Å². The molecule has 1 unspecified atom stereocenters. The van der Waals surface area contributed by atoms with Crippen molar-refractivity contribution in [3.63, 3.8) is 0 Å². The summed E-state index contributed by atoms with van der Waals surface area (Å²) < 4.78 is 33.3. The maximum Gasteiger partial charge on any atom is 0.255 e. The molecule has 4 aliphatic heterocycles. The average molecular weight is 924 g/mol. The molecule has 0 saturated carbocycles. The van der Waals surface area contributed by atoms with Crippen molar-refractivity contribution in [2.24, 2.45) is 0 Å². The molecule has 65 heavy (non-hydrogen) atoms. The number of hydrogen-bond donors (Lipinski definition) is 3. The van der Waals surface area contributed by atoms with Gasteiger partial charge in [0.2, 0.25) is 17.8 Å². The fourth-order valence-corrected chi connectivity index (χ4v) is 10.5. The van der Waals surface area contributed by atoms with Crippen molar-refractivity contribution in [3.8, 4) is 17.6 Å². The lowest BCUT2D eigenvalue weighted by Gasteiger charge is -2.43. The Hall–Kier alpha value is -5.52. The molecule has 4 aliphatic rings. The van der Waals surface area contributed by atoms with E-state index >= 15 is 0 Å². The predicted molar refractivity (Wildman–Crippen MR) is 253 cm³/mol. The first-order chi connectivity index (χ1) is 31.3. The highest BCUT2D eigenvalue weighted by molar-refractivity contribution is 7.70. The van der Waals surface area contributed by atoms with Crippen molar-refractivity contribution in [1.29, 1.82) is 0 Å². The first-order valence-electron chi connectivity index (χ1n) is 22.4. The number of aromatic nitrogens is 2. The van der Waals surface area contributed by atoms with Gasteiger partial charge in [0, 0.05) is 98.4 Å². The van der Waals surface area contributed by atoms with Gasteiger partial charge in [-0.2, -0.15) is 4.98 Å². The molecule has 0 aliphatic carbocycles. The summed E-state index contributed by atoms with van der Waals surface area (Å²) in [5, 5.41) is 9.89. The quantitative estimate of drug-likeness (QED) is 0.0519. The van der Waals surface area contributed by atoms with E-state index in [0.717, 1.165) is 89.3 Å². The van der Waals surface area contributed by atoms with Crippen molar-refractivity contribution in [3.05, 3.63) is 88.3 Å². The summed E-state index contributed by atoms with van der Waals surface area (Å²) in [4.78, 5) is 55.3. The Morgan fingerprint density at radius 3 is 2.48 bits per heavy atom. The molecular formula is C48H56ClFN9O5P. The highest BCUT2D eigenvalue weighted by Crippen LogP contribution is 2.39. The molecule has 5 heterocycles. The third kappa shape index (κ3) is 11.0. The largest absolute Gasteiger partial charge is 0.494 e. The highest BCUT2D eigenvalue weighted by atomic mass is 35.5. The smallest absolute Gasteiger partial charge is 0.255 e. The summed E-state index contributed by atoms with van der Waals surface area (Å²) in [7, 11) is -0.897. The number of piperazine rings is 1. The third-order valence-corrected chi connectivity index (χ3v) is 14.6. The minimum Gasteiger partial charge on any atom is -0.494 e. The third-order valence-electron chi connectivity index (χ3n) is 12.8. The molecule has 17 heteroatoms. The topological polar surface area (TPSA) is 152 Å². The van der Waals surface area contributed by atoms with Crippen LogP contribution in [0.4, 0.5) is 33.2 Å². The van der Waals surface area contributed by atoms with E-state index in [9.17, 15) is 23.3 Å². The van der Waals surface area contributed by atoms with Crippen LogP contribution in [0.15, 0.2) is 60.8 Å². The highest BCUT2D eigenvalue weighted by Gasteiger charge is 2.40. The Morgan fingerprint density at radius 2 is 1.72 bits per heavy atom. The van der Waals surface area contributed by atoms with Gasteiger partial charge in [-0.05, 0) is 88.4 Å². The molecule has 0 spiro atoms. The molecule has 1 aromatic heterocycles. The molecule has 3 aromatic carbocycles. The zero-order valence-corrected chi connectivity index (χ0v) is 38.8. The molecule has 0 bridgehead atoms. The maximum atomic E-state index is 14.5. The minimum absolute atomic E-state index is 0.164. The molecule has 3 N–H and O–H groups in total. The van der Waals surface area contributed by atoms with Gasteiger partial charge in [0.1, 0.15) is 29.8 Å². The van der Waals surface area contributed by atoms with Gasteiger partial charge >= 0.3 is 0 Å². The SMILES string of the molecule is COc1cc(N2CCC(N3CCN(CCCCCC#Cc4cc(F)cc5c4CN(C4CCC(=O)NC4=O)C5=O)CC3)CC2)ccc1Nc1ncc(Cl)c(Nc2ccccc2P(C)(C)=O)n1. The van der Waals surface area contributed by atoms with E-state index in [1.807, 2.05) is 30.3 Å². The van der Waals surface area contributed by atoms with Gasteiger partial charge in [-0.3, -0.25) is 24.6 Å². The van der Waals surface area contributed by atoms with E-state index in [2.05, 4.69) is 64.6 Å². The number of hydrogen-bond acceptors (Lipinski definition) is 12. The average Bonchev–Trinajstić information content (AvgIpc) is 3.62. The second-order valence-electron chi connectivity index (χ2n) is 17.5. The fourth-order valence-electron chi connectivity index (χ4n) is 9.25. The molecule has 3 fully saturated rings. The van der Waals surface area contributed by atoms with Crippen LogP contribution < -0.4 is 30.9 Å². The molecule has 8 rings (SSSR count). The molecular weight excluding hydrogens is 868 g/mol. The first kappa shape index (κ1) is 46.0. The molecule has 3 amide bonds. The second kappa shape index (κ2) is 20.3. The van der Waals surface area contributed by atoms with Crippen molar-refractivity contribution in [1.82, 2.24) is 30.0 Å². The van der Waals surface area contributed by atoms with Crippen molar-refractivity contribution in [2.45, 2.75) is 70.0 Å². The predicted octanol–water partition coefficient (Wildman–Crippen LogP) is 6.97. The number of carbonyl (C=O) groups is 3. The Labute approximate surface area is 385 Å². The number of nitrogens with zero attached hydrogens (tertiary/aromatic N) is 6. The number of carbonyl (C=O) groups excluding carboxylic acids is 3. The van der Waals surface area contributed by atoms with Gasteiger partial charge in [0.25, 0.3) is 5.91 Å². The second-order valence-corrected chi connectivity index (χ2v) is 21.1. The molecule has 342 valence electrons. The van der Waals surface area contributed by atoms with Crippen LogP contribution in [0.3, 0.4) is 0 Å². The van der Waals surface area contributed by atoms with Crippen LogP contribution in [-0.2, 0) is 20.7 Å². The molecule has 4 aromatic rings. The van der Waals surface area contributed by atoms with Crippen molar-refractivity contribution < 1.29 is 28.1 Å². The standard InChI is InChI=1S/C48H56ClFN9O5P/c1-64-42-29-35(14-15-39(42)53-48-51-30-38(49)45(55-48)52-40-12-8-9-13-43(40)65(2,3)63)57-21-18-34(19-22-57)58-25-23-56(24-26-58)20-10-6-4-5-7-11-32-27-33(50)28-36-37(32)31-59(47(36)62)41-16-17-44(60)54-46(41)61/h8-9,12-15,27-30,34,41H,4-6,10,16-26,31H2,1-3H3,(H,54,60,61)(H2,51,52,53,55). The van der Waals surface area contributed by atoms with Gasteiger partial charge < -0.3 is 34.6 Å². The van der Waals surface area contributed by atoms with E-state index in [4.69, 9.17) is 16.3 Å². The first-order valence-corrected chi connectivity index (χ1v) is 25.4. The number of ether oxygens (including phenoxy) is 1. The van der Waals surface area contributed by atoms with Crippen LogP contribution in [-0.4, -0.2) is 121 Å². The molecule has 0 radical (unpaired) electrons. The zero-order chi connectivity index (χ0) is 45.7. The molecule has 14 nitrogen and oxygen atoms in total. The monoisotopic (exact) mass is 923 g/mol. The number of piperidine rings is 2. The maximum absolute atomic E-state index is 14.5. The van der Waals surface area contributed by atoms with E-state index in [1.165, 1.54) is 23.2 Å². The lowest BCUT2D eigenvalue weighted by atomic mass is 10.0. The lowest BCUT2D eigenvalue weighted by Crippen LogP contribution is -2.53. The van der Waals surface area contributed by atoms with Crippen LogP contribution in [0, 0.1) is 17.7 Å². The van der Waals surface area contributed by atoms with Crippen LogP contribution in [0.2, 0.25) is 5.02 Å². The number of unbranched alkanes of at least 4 members (excludes halogenated alkanes) is 3. The number of halogens is 2. The fraction of sp³-hybridized carbons (Fsp3) is 0.438. The van der Waals surface area contributed by atoms with Crippen LogP contribution in [0.25, 0.3) is 0 Å². The number of imide groups is 1. The van der Waals surface area contributed by atoms with Gasteiger partial charge in [0.05, 0.1) is 24.7 Å². The Kier molecular flexibility index (Phi) is 14.4. The minimum atomic E-state index is -2.55. The number of methoxy groups -OCH3 is 1. The Bertz CT molecular complexity index is 2550. The summed E-state index contributed by atoms with van der Waals surface area (Å²) in [5.41, 5.74) is 3.88. The van der Waals surface area contributed by atoms with E-state index in [0.29, 0.717) is 57.1 Å². The number of anilines is 5. The molecule has 1 atom stereocenters. The van der Waals surface area contributed by atoms with E-state index in [-0.39, 0.29) is 30.9 Å². The number of amides is 3. The lowest BCUT2D eigenvalue weighted by molar-refractivity contribution is -0.136. The summed E-state index contributed by atoms with van der Waals surface area (Å²) in [5.74, 6) is 5.94. The summed E-state index contributed by atoms with van der Waals surface area (Å²) in [6.45, 7) is 10.9. The summed E-state index contributed by atoms with van der Waals surface area (Å²) in [6, 6.07) is 16.0. The number of nitrogens with one attached hydrogen (secondary N) is 3. The van der Waals surface area contributed by atoms with Crippen LogP contribution >= 0.6 is 18.7 Å². The van der Waals surface area contributed by atoms with Crippen molar-refractivity contribution in [2.75, 3.05) is 81.8 Å². The Balaban J connectivity index is 0.753. The van der Waals surface area contributed by atoms with Crippen molar-refractivity contribution >= 4 is 70.6 Å². The normalized spacial score (nSPS) is 18.5. The number of benzene rings is 3. The van der Waals surface area contributed by atoms with Crippen LogP contribution in [0.1, 0.15) is 72.9 Å². The Morgan fingerprint density at radius 1 is 0.938 bits per heavy atom. The van der Waals surface area contributed by atoms with Crippen LogP contribution in [0.5, 0.6) is 5.75 Å². The summed E-state index contributed by atoms with van der Waals surface area (Å²) in [6.07, 6.45) is 7.89. The summed E-state index contributed by atoms with van der Waals surface area (Å²) >= 11 is 6.49. The number of para-hydroxylation sites is 1. The zero-order valence-electron chi connectivity index (χ0n) is 37.2. The number of rotatable bonds is 14. The van der Waals surface area contributed by atoms with E-state index in [1.54, 1.807) is 20.4 Å². The van der Waals surface area contributed by atoms with E-state index < -0.39 is 30.8 Å². The number of fused-ring (bicyclic) bond motifs is 1. The van der Waals surface area contributed by atoms with Gasteiger partial charge in [0.15, 0.2) is 5.82 Å². The van der Waals surface area contributed by atoms with Gasteiger partial charge in [-0.1, -0.05) is 42.0 Å².